The molecular formula is C21H19N. The van der Waals surface area contributed by atoms with Crippen LogP contribution < -0.4 is 10.6 Å². The van der Waals surface area contributed by atoms with E-state index in [9.17, 15) is 0 Å². The summed E-state index contributed by atoms with van der Waals surface area (Å²) in [5.74, 6) is 0. The van der Waals surface area contributed by atoms with Crippen LogP contribution in [0.1, 0.15) is 31.4 Å². The highest BCUT2D eigenvalue weighted by Gasteiger charge is 2.23. The molecule has 0 radical (unpaired) electrons. The largest absolute Gasteiger partial charge is 0.355 e. The van der Waals surface area contributed by atoms with E-state index in [2.05, 4.69) is 67.4 Å². The van der Waals surface area contributed by atoms with E-state index in [1.165, 1.54) is 56.6 Å². The minimum atomic E-state index is 0.301. The number of aryl methyl sites for hydroxylation is 1. The van der Waals surface area contributed by atoms with Crippen molar-refractivity contribution in [2.45, 2.75) is 26.7 Å². The first kappa shape index (κ1) is 12.3. The van der Waals surface area contributed by atoms with Gasteiger partial charge in [-0.2, -0.15) is 0 Å². The average molecular weight is 285 g/mol. The number of aromatic nitrogens is 1. The predicted octanol–water partition coefficient (Wildman–Crippen LogP) is 3.73. The monoisotopic (exact) mass is 285 g/mol. The van der Waals surface area contributed by atoms with Crippen LogP contribution >= 0.6 is 0 Å². The fourth-order valence-corrected chi connectivity index (χ4v) is 4.03. The number of aromatic amines is 1. The van der Waals surface area contributed by atoms with Gasteiger partial charge in [0.25, 0.3) is 0 Å². The first-order chi connectivity index (χ1) is 10.6. The van der Waals surface area contributed by atoms with E-state index < -0.39 is 0 Å². The van der Waals surface area contributed by atoms with E-state index in [1.54, 1.807) is 0 Å². The molecule has 22 heavy (non-hydrogen) atoms. The maximum absolute atomic E-state index is 3.65. The van der Waals surface area contributed by atoms with Gasteiger partial charge >= 0.3 is 0 Å². The molecule has 0 fully saturated rings. The van der Waals surface area contributed by atoms with Crippen LogP contribution in [0.3, 0.4) is 0 Å². The molecule has 2 aromatic carbocycles. The molecule has 0 saturated carbocycles. The number of nitrogens with one attached hydrogen (secondary N) is 1. The van der Waals surface area contributed by atoms with E-state index in [0.29, 0.717) is 5.41 Å². The number of benzene rings is 2. The molecule has 1 aromatic heterocycles. The fourth-order valence-electron chi connectivity index (χ4n) is 4.03. The van der Waals surface area contributed by atoms with Gasteiger partial charge in [0.2, 0.25) is 0 Å². The second-order valence-electron chi connectivity index (χ2n) is 7.37. The van der Waals surface area contributed by atoms with Crippen molar-refractivity contribution in [2.24, 2.45) is 5.41 Å². The first-order valence-electron chi connectivity index (χ1n) is 8.09. The summed E-state index contributed by atoms with van der Waals surface area (Å²) < 4.78 is 0. The Bertz CT molecular complexity index is 1050. The van der Waals surface area contributed by atoms with Gasteiger partial charge in [-0.15, -0.1) is 0 Å². The molecule has 0 spiro atoms. The molecule has 108 valence electrons. The normalized spacial score (nSPS) is 17.4. The molecule has 1 nitrogen and oxygen atoms in total. The fraction of sp³-hybridized carbons (Fsp3) is 0.238. The first-order valence-corrected chi connectivity index (χ1v) is 8.09. The van der Waals surface area contributed by atoms with Crippen molar-refractivity contribution >= 4 is 23.1 Å². The highest BCUT2D eigenvalue weighted by atomic mass is 14.7. The molecule has 0 saturated heterocycles. The van der Waals surface area contributed by atoms with Crippen molar-refractivity contribution in [1.82, 2.24) is 4.98 Å². The van der Waals surface area contributed by atoms with E-state index in [4.69, 9.17) is 0 Å². The molecule has 0 aliphatic heterocycles. The van der Waals surface area contributed by atoms with Crippen LogP contribution in [-0.2, 0) is 6.42 Å². The Morgan fingerprint density at radius 3 is 2.82 bits per heavy atom. The van der Waals surface area contributed by atoms with Gasteiger partial charge in [-0.1, -0.05) is 44.2 Å². The smallest absolute Gasteiger partial charge is 0.0467 e. The number of fused-ring (bicyclic) bond motifs is 6. The van der Waals surface area contributed by atoms with Gasteiger partial charge < -0.3 is 4.98 Å². The van der Waals surface area contributed by atoms with Crippen LogP contribution in [-0.4, -0.2) is 4.98 Å². The Morgan fingerprint density at radius 2 is 1.91 bits per heavy atom. The van der Waals surface area contributed by atoms with Gasteiger partial charge in [-0.25, -0.2) is 0 Å². The summed E-state index contributed by atoms with van der Waals surface area (Å²) in [6, 6.07) is 13.4. The second kappa shape index (κ2) is 3.92. The van der Waals surface area contributed by atoms with Crippen molar-refractivity contribution in [2.75, 3.05) is 0 Å². The summed E-state index contributed by atoms with van der Waals surface area (Å²) >= 11 is 0. The van der Waals surface area contributed by atoms with Crippen LogP contribution in [0, 0.1) is 5.41 Å². The Kier molecular flexibility index (Phi) is 2.19. The topological polar surface area (TPSA) is 15.8 Å². The molecule has 2 aliphatic rings. The second-order valence-corrected chi connectivity index (χ2v) is 7.37. The maximum Gasteiger partial charge on any atom is 0.0467 e. The molecule has 1 N–H and O–H groups in total. The number of hydrogen-bond donors (Lipinski definition) is 1. The number of rotatable bonds is 0. The van der Waals surface area contributed by atoms with Crippen LogP contribution in [0.15, 0.2) is 36.4 Å². The lowest BCUT2D eigenvalue weighted by Gasteiger charge is -2.23. The molecule has 1 heterocycles. The Hall–Kier alpha value is -2.28. The van der Waals surface area contributed by atoms with E-state index in [0.717, 1.165) is 0 Å². The number of hydrogen-bond acceptors (Lipinski definition) is 0. The average Bonchev–Trinajstić information content (AvgIpc) is 3.00. The van der Waals surface area contributed by atoms with Gasteiger partial charge in [0, 0.05) is 16.3 Å². The van der Waals surface area contributed by atoms with Crippen molar-refractivity contribution in [1.29, 1.82) is 0 Å². The lowest BCUT2D eigenvalue weighted by Crippen LogP contribution is -2.23. The SMILES string of the molecule is CC1(C)C=c2[nH]c3cc4c(cc3c2CC1)-c1ccccc1C=4. The van der Waals surface area contributed by atoms with Crippen molar-refractivity contribution < 1.29 is 0 Å². The molecule has 0 unspecified atom stereocenters. The Labute approximate surface area is 130 Å². The van der Waals surface area contributed by atoms with Crippen LogP contribution in [0.25, 0.3) is 34.2 Å². The van der Waals surface area contributed by atoms with Gasteiger partial charge in [0.15, 0.2) is 0 Å². The molecule has 0 amide bonds. The number of H-pyrrole nitrogens is 1. The summed E-state index contributed by atoms with van der Waals surface area (Å²) in [7, 11) is 0. The van der Waals surface area contributed by atoms with E-state index in [-0.39, 0.29) is 0 Å². The highest BCUT2D eigenvalue weighted by Crippen LogP contribution is 2.33. The Morgan fingerprint density at radius 1 is 1.05 bits per heavy atom. The molecule has 0 bridgehead atoms. The summed E-state index contributed by atoms with van der Waals surface area (Å²) in [4.78, 5) is 3.65. The molecular weight excluding hydrogens is 266 g/mol. The predicted molar refractivity (Wildman–Crippen MR) is 93.1 cm³/mol. The summed E-state index contributed by atoms with van der Waals surface area (Å²) in [6.45, 7) is 4.65. The van der Waals surface area contributed by atoms with Crippen molar-refractivity contribution in [3.05, 3.63) is 58.1 Å². The summed E-state index contributed by atoms with van der Waals surface area (Å²) in [5, 5.41) is 4.08. The van der Waals surface area contributed by atoms with Gasteiger partial charge in [-0.3, -0.25) is 0 Å². The quantitative estimate of drug-likeness (QED) is 0.507. The third kappa shape index (κ3) is 1.60. The van der Waals surface area contributed by atoms with Crippen LogP contribution in [0.5, 0.6) is 0 Å². The third-order valence-electron chi connectivity index (χ3n) is 5.23. The zero-order valence-corrected chi connectivity index (χ0v) is 13.0. The van der Waals surface area contributed by atoms with Crippen molar-refractivity contribution in [3.63, 3.8) is 0 Å². The highest BCUT2D eigenvalue weighted by molar-refractivity contribution is 5.93. The Balaban J connectivity index is 1.85. The van der Waals surface area contributed by atoms with E-state index in [1.807, 2.05) is 0 Å². The minimum Gasteiger partial charge on any atom is -0.355 e. The maximum atomic E-state index is 3.65. The molecule has 1 heteroatoms. The summed E-state index contributed by atoms with van der Waals surface area (Å²) in [6.07, 6.45) is 7.11. The zero-order valence-electron chi connectivity index (χ0n) is 13.0. The molecule has 0 atom stereocenters. The molecule has 3 aromatic rings. The van der Waals surface area contributed by atoms with Crippen LogP contribution in [0.2, 0.25) is 0 Å². The van der Waals surface area contributed by atoms with Gasteiger partial charge in [0.05, 0.1) is 0 Å². The standard InChI is InChI=1S/C21H19N/c1-21(2)8-7-16-18-11-17-14(10-19(18)22-20(16)12-21)9-13-5-3-4-6-15(13)17/h3-6,9-12,22H,7-8H2,1-2H3. The van der Waals surface area contributed by atoms with E-state index >= 15 is 0 Å². The van der Waals surface area contributed by atoms with Gasteiger partial charge in [0.1, 0.15) is 0 Å². The molecule has 2 aliphatic carbocycles. The van der Waals surface area contributed by atoms with Crippen molar-refractivity contribution in [3.8, 4) is 11.1 Å². The third-order valence-corrected chi connectivity index (χ3v) is 5.23. The zero-order chi connectivity index (χ0) is 14.9. The van der Waals surface area contributed by atoms with Gasteiger partial charge in [-0.05, 0) is 63.9 Å². The summed E-state index contributed by atoms with van der Waals surface area (Å²) in [5.41, 5.74) is 7.18. The minimum absolute atomic E-state index is 0.301. The molecule has 5 rings (SSSR count). The lowest BCUT2D eigenvalue weighted by atomic mass is 9.82. The lowest BCUT2D eigenvalue weighted by molar-refractivity contribution is 0.459. The van der Waals surface area contributed by atoms with Crippen LogP contribution in [0.4, 0.5) is 0 Å².